The number of nitrogens with zero attached hydrogens (tertiary/aromatic N) is 1. The summed E-state index contributed by atoms with van der Waals surface area (Å²) in [5.74, 6) is -1.26. The summed E-state index contributed by atoms with van der Waals surface area (Å²) in [6.45, 7) is -0.143. The summed E-state index contributed by atoms with van der Waals surface area (Å²) in [5.41, 5.74) is 0.700. The van der Waals surface area contributed by atoms with Gasteiger partial charge in [-0.1, -0.05) is 0 Å². The minimum Gasteiger partial charge on any atom is -0.480 e. The molecule has 1 heterocycles. The Morgan fingerprint density at radius 1 is 1.47 bits per heavy atom. The number of carboxylic acids is 1. The molecule has 0 aliphatic carbocycles. The number of halogens is 2. The van der Waals surface area contributed by atoms with E-state index in [1.807, 2.05) is 0 Å². The van der Waals surface area contributed by atoms with Gasteiger partial charge in [0.15, 0.2) is 0 Å². The topological polar surface area (TPSA) is 42.2 Å². The van der Waals surface area contributed by atoms with Crippen LogP contribution >= 0.6 is 15.9 Å². The molecule has 1 aromatic heterocycles. The molecule has 0 unspecified atom stereocenters. The van der Waals surface area contributed by atoms with Crippen molar-refractivity contribution in [2.24, 2.45) is 0 Å². The van der Waals surface area contributed by atoms with Gasteiger partial charge in [-0.3, -0.25) is 4.79 Å². The minimum absolute atomic E-state index is 0.143. The smallest absolute Gasteiger partial charge is 0.323 e. The summed E-state index contributed by atoms with van der Waals surface area (Å²) in [4.78, 5) is 10.6. The van der Waals surface area contributed by atoms with E-state index >= 15 is 0 Å². The zero-order valence-electron chi connectivity index (χ0n) is 7.58. The highest BCUT2D eigenvalue weighted by atomic mass is 79.9. The summed E-state index contributed by atoms with van der Waals surface area (Å²) in [6, 6.07) is 5.95. The van der Waals surface area contributed by atoms with Crippen LogP contribution in [0.15, 0.2) is 28.9 Å². The average Bonchev–Trinajstić information content (AvgIpc) is 2.41. The molecular formula is C10H7BrFNO2. The van der Waals surface area contributed by atoms with Crippen LogP contribution in [0.5, 0.6) is 0 Å². The van der Waals surface area contributed by atoms with E-state index in [1.165, 1.54) is 12.1 Å². The molecule has 2 aromatic rings. The van der Waals surface area contributed by atoms with E-state index in [1.54, 1.807) is 16.7 Å². The van der Waals surface area contributed by atoms with Crippen LogP contribution in [0.2, 0.25) is 0 Å². The largest absolute Gasteiger partial charge is 0.480 e. The lowest BCUT2D eigenvalue weighted by Gasteiger charge is -2.02. The molecule has 1 aromatic carbocycles. The van der Waals surface area contributed by atoms with Gasteiger partial charge in [0.05, 0.1) is 4.60 Å². The maximum Gasteiger partial charge on any atom is 0.323 e. The summed E-state index contributed by atoms with van der Waals surface area (Å²) < 4.78 is 15.1. The molecule has 0 spiro atoms. The lowest BCUT2D eigenvalue weighted by molar-refractivity contribution is -0.137. The highest BCUT2D eigenvalue weighted by Gasteiger charge is 2.09. The number of aliphatic carboxylic acids is 1. The van der Waals surface area contributed by atoms with E-state index in [4.69, 9.17) is 5.11 Å². The number of benzene rings is 1. The molecule has 0 aliphatic heterocycles. The number of carboxylic acid groups (broad SMARTS) is 1. The fourth-order valence-corrected chi connectivity index (χ4v) is 2.07. The van der Waals surface area contributed by atoms with Gasteiger partial charge in [-0.2, -0.15) is 0 Å². The highest BCUT2D eigenvalue weighted by molar-refractivity contribution is 9.10. The Kier molecular flexibility index (Phi) is 2.48. The molecule has 15 heavy (non-hydrogen) atoms. The van der Waals surface area contributed by atoms with Gasteiger partial charge in [0, 0.05) is 10.9 Å². The first-order valence-electron chi connectivity index (χ1n) is 4.24. The van der Waals surface area contributed by atoms with Crippen molar-refractivity contribution in [3.8, 4) is 0 Å². The van der Waals surface area contributed by atoms with Gasteiger partial charge in [0.2, 0.25) is 0 Å². The van der Waals surface area contributed by atoms with Gasteiger partial charge >= 0.3 is 5.97 Å². The fraction of sp³-hybridized carbons (Fsp3) is 0.100. The van der Waals surface area contributed by atoms with Crippen LogP contribution in [0, 0.1) is 5.82 Å². The normalized spacial score (nSPS) is 10.8. The molecule has 2 rings (SSSR count). The molecule has 3 nitrogen and oxygen atoms in total. The number of hydrogen-bond acceptors (Lipinski definition) is 1. The Bertz CT molecular complexity index is 535. The Balaban J connectivity index is 2.63. The Hall–Kier alpha value is -1.36. The molecule has 0 saturated heterocycles. The molecule has 5 heteroatoms. The van der Waals surface area contributed by atoms with Crippen molar-refractivity contribution < 1.29 is 14.3 Å². The third-order valence-corrected chi connectivity index (χ3v) is 2.76. The molecule has 0 saturated carbocycles. The number of hydrogen-bond donors (Lipinski definition) is 1. The van der Waals surface area contributed by atoms with E-state index in [9.17, 15) is 9.18 Å². The van der Waals surface area contributed by atoms with Crippen LogP contribution in [0.25, 0.3) is 10.9 Å². The third-order valence-electron chi connectivity index (χ3n) is 2.11. The molecule has 78 valence electrons. The maximum atomic E-state index is 12.9. The first-order valence-corrected chi connectivity index (χ1v) is 5.03. The van der Waals surface area contributed by atoms with Crippen LogP contribution < -0.4 is 0 Å². The number of carbonyl (C=O) groups is 1. The van der Waals surface area contributed by atoms with Crippen LogP contribution in [-0.2, 0) is 11.3 Å². The highest BCUT2D eigenvalue weighted by Crippen LogP contribution is 2.24. The molecule has 0 bridgehead atoms. The molecule has 0 atom stereocenters. The van der Waals surface area contributed by atoms with Gasteiger partial charge in [-0.05, 0) is 40.2 Å². The van der Waals surface area contributed by atoms with Crippen molar-refractivity contribution >= 4 is 32.8 Å². The lowest BCUT2D eigenvalue weighted by atomic mass is 10.2. The van der Waals surface area contributed by atoms with E-state index < -0.39 is 5.97 Å². The standard InChI is InChI=1S/C10H7BrFNO2/c11-9-4-6-3-7(12)1-2-8(6)13(9)5-10(14)15/h1-4H,5H2,(H,14,15). The molecule has 0 aliphatic rings. The zero-order chi connectivity index (χ0) is 11.0. The van der Waals surface area contributed by atoms with Crippen LogP contribution in [0.3, 0.4) is 0 Å². The molecule has 1 N–H and O–H groups in total. The number of fused-ring (bicyclic) bond motifs is 1. The second-order valence-electron chi connectivity index (χ2n) is 3.15. The van der Waals surface area contributed by atoms with Crippen molar-refractivity contribution in [1.29, 1.82) is 0 Å². The predicted octanol–water partition coefficient (Wildman–Crippen LogP) is 2.63. The van der Waals surface area contributed by atoms with Gasteiger partial charge < -0.3 is 9.67 Å². The molecular weight excluding hydrogens is 265 g/mol. The Morgan fingerprint density at radius 3 is 2.87 bits per heavy atom. The Labute approximate surface area is 93.3 Å². The molecule has 0 radical (unpaired) electrons. The minimum atomic E-state index is -0.933. The zero-order valence-corrected chi connectivity index (χ0v) is 9.16. The first-order chi connectivity index (χ1) is 7.08. The van der Waals surface area contributed by atoms with E-state index in [0.29, 0.717) is 15.5 Å². The van der Waals surface area contributed by atoms with Gasteiger partial charge in [0.25, 0.3) is 0 Å². The summed E-state index contributed by atoms with van der Waals surface area (Å²) in [6.07, 6.45) is 0. The summed E-state index contributed by atoms with van der Waals surface area (Å²) >= 11 is 3.24. The second kappa shape index (κ2) is 3.66. The van der Waals surface area contributed by atoms with Gasteiger partial charge in [0.1, 0.15) is 12.4 Å². The fourth-order valence-electron chi connectivity index (χ4n) is 1.50. The monoisotopic (exact) mass is 271 g/mol. The molecule has 0 fully saturated rings. The van der Waals surface area contributed by atoms with Crippen LogP contribution in [0.1, 0.15) is 0 Å². The molecule has 0 amide bonds. The van der Waals surface area contributed by atoms with E-state index in [0.717, 1.165) is 0 Å². The van der Waals surface area contributed by atoms with E-state index in [2.05, 4.69) is 15.9 Å². The van der Waals surface area contributed by atoms with Crippen molar-refractivity contribution in [1.82, 2.24) is 4.57 Å². The predicted molar refractivity (Wildman–Crippen MR) is 57.2 cm³/mol. The van der Waals surface area contributed by atoms with E-state index in [-0.39, 0.29) is 12.4 Å². The van der Waals surface area contributed by atoms with Crippen LogP contribution in [-0.4, -0.2) is 15.6 Å². The third kappa shape index (κ3) is 1.87. The SMILES string of the molecule is O=C(O)Cn1c(Br)cc2cc(F)ccc21. The average molecular weight is 272 g/mol. The van der Waals surface area contributed by atoms with Gasteiger partial charge in [-0.15, -0.1) is 0 Å². The number of rotatable bonds is 2. The van der Waals surface area contributed by atoms with Crippen molar-refractivity contribution in [3.05, 3.63) is 34.7 Å². The van der Waals surface area contributed by atoms with Gasteiger partial charge in [-0.25, -0.2) is 4.39 Å². The first kappa shape index (κ1) is 10.2. The second-order valence-corrected chi connectivity index (χ2v) is 3.96. The maximum absolute atomic E-state index is 12.9. The summed E-state index contributed by atoms with van der Waals surface area (Å²) in [7, 11) is 0. The summed E-state index contributed by atoms with van der Waals surface area (Å²) in [5, 5.41) is 9.39. The Morgan fingerprint density at radius 2 is 2.20 bits per heavy atom. The van der Waals surface area contributed by atoms with Crippen molar-refractivity contribution in [3.63, 3.8) is 0 Å². The lowest BCUT2D eigenvalue weighted by Crippen LogP contribution is -2.08. The van der Waals surface area contributed by atoms with Crippen molar-refractivity contribution in [2.75, 3.05) is 0 Å². The van der Waals surface area contributed by atoms with Crippen molar-refractivity contribution in [2.45, 2.75) is 6.54 Å². The number of aromatic nitrogens is 1. The van der Waals surface area contributed by atoms with Crippen LogP contribution in [0.4, 0.5) is 4.39 Å². The quantitative estimate of drug-likeness (QED) is 0.913.